The number of hydrogen-bond acceptors (Lipinski definition) is 13. The first-order valence-corrected chi connectivity index (χ1v) is 18.6. The van der Waals surface area contributed by atoms with Crippen molar-refractivity contribution >= 4 is 34.8 Å². The highest BCUT2D eigenvalue weighted by atomic mass is 16.7. The van der Waals surface area contributed by atoms with Gasteiger partial charge in [0.15, 0.2) is 11.0 Å². The summed E-state index contributed by atoms with van der Waals surface area (Å²) in [4.78, 5) is 41.9. The Kier molecular flexibility index (Phi) is 8.15. The number of nitrogen functional groups attached to an aromatic ring is 2. The first kappa shape index (κ1) is 35.2. The first-order chi connectivity index (χ1) is 26.3. The van der Waals surface area contributed by atoms with Gasteiger partial charge in [0.1, 0.15) is 76.6 Å². The highest BCUT2D eigenvalue weighted by molar-refractivity contribution is 5.88. The van der Waals surface area contributed by atoms with Gasteiger partial charge in [0, 0.05) is 47.6 Å². The summed E-state index contributed by atoms with van der Waals surface area (Å²) in [6.07, 6.45) is 6.25. The third kappa shape index (κ3) is 6.14. The molecule has 0 amide bonds. The van der Waals surface area contributed by atoms with E-state index >= 15 is 0 Å². The number of nitrogens with one attached hydrogen (secondary N) is 1. The fourth-order valence-corrected chi connectivity index (χ4v) is 9.02. The molecule has 14 heteroatoms. The maximum atomic E-state index is 14.1. The van der Waals surface area contributed by atoms with Crippen molar-refractivity contribution in [2.45, 2.75) is 82.3 Å². The van der Waals surface area contributed by atoms with E-state index in [0.29, 0.717) is 60.2 Å². The van der Waals surface area contributed by atoms with Gasteiger partial charge in [0.05, 0.1) is 17.5 Å². The molecule has 0 bridgehead atoms. The smallest absolute Gasteiger partial charge is 0.341 e. The number of hydrogen-bond donors (Lipinski definition) is 5. The van der Waals surface area contributed by atoms with Crippen molar-refractivity contribution in [3.8, 4) is 22.8 Å². The number of benzene rings is 1. The minimum absolute atomic E-state index is 0.0339. The molecule has 55 heavy (non-hydrogen) atoms. The van der Waals surface area contributed by atoms with Crippen molar-refractivity contribution in [1.82, 2.24) is 9.97 Å². The predicted molar refractivity (Wildman–Crippen MR) is 202 cm³/mol. The van der Waals surface area contributed by atoms with E-state index in [2.05, 4.69) is 21.2 Å². The Labute approximate surface area is 316 Å². The number of aryl methyl sites for hydroxylation is 2. The lowest BCUT2D eigenvalue weighted by Crippen LogP contribution is -3.04. The molecule has 9 rings (SSSR count). The van der Waals surface area contributed by atoms with Crippen molar-refractivity contribution in [3.63, 3.8) is 0 Å². The van der Waals surface area contributed by atoms with Crippen molar-refractivity contribution < 1.29 is 38.5 Å². The first-order valence-electron chi connectivity index (χ1n) is 18.6. The van der Waals surface area contributed by atoms with Crippen LogP contribution in [0.25, 0.3) is 22.2 Å². The molecule has 1 unspecified atom stereocenters. The van der Waals surface area contributed by atoms with Gasteiger partial charge in [0.2, 0.25) is 0 Å². The SMILES string of the molecule is Cc1cc(=O)c2c(O)c3c(cc2o1)OC(C)(C)[C@@H]1OC(=O)[C@@]2(C[C@@H](CO)C[C@H]31)O[C@@H]2CCc1cc(N)nc(-c2cc(N)nc(C[NH+]3C=C4N=CC=C4C3)c2)c1. The van der Waals surface area contributed by atoms with Gasteiger partial charge in [-0.3, -0.25) is 14.7 Å². The minimum Gasteiger partial charge on any atom is -0.507 e. The second-order valence-corrected chi connectivity index (χ2v) is 16.0. The highest BCUT2D eigenvalue weighted by Crippen LogP contribution is 2.55. The van der Waals surface area contributed by atoms with Gasteiger partial charge in [-0.2, -0.15) is 0 Å². The summed E-state index contributed by atoms with van der Waals surface area (Å²) >= 11 is 0. The van der Waals surface area contributed by atoms with Crippen LogP contribution in [-0.2, 0) is 27.2 Å². The van der Waals surface area contributed by atoms with Gasteiger partial charge in [-0.05, 0) is 88.3 Å². The summed E-state index contributed by atoms with van der Waals surface area (Å²) in [5, 5.41) is 22.2. The Morgan fingerprint density at radius 2 is 1.87 bits per heavy atom. The number of epoxide rings is 1. The van der Waals surface area contributed by atoms with Crippen molar-refractivity contribution in [2.24, 2.45) is 10.9 Å². The molecule has 0 aliphatic carbocycles. The third-order valence-corrected chi connectivity index (χ3v) is 11.5. The van der Waals surface area contributed by atoms with E-state index < -0.39 is 35.3 Å². The predicted octanol–water partition coefficient (Wildman–Crippen LogP) is 3.02. The number of pyridine rings is 2. The zero-order valence-electron chi connectivity index (χ0n) is 30.8. The molecule has 4 aromatic rings. The summed E-state index contributed by atoms with van der Waals surface area (Å²) in [6.45, 7) is 6.55. The van der Waals surface area contributed by atoms with E-state index in [9.17, 15) is 19.8 Å². The lowest BCUT2D eigenvalue weighted by molar-refractivity contribution is -0.852. The average molecular weight is 748 g/mol. The second kappa shape index (κ2) is 12.8. The van der Waals surface area contributed by atoms with Crippen LogP contribution in [0.5, 0.6) is 11.5 Å². The van der Waals surface area contributed by atoms with Gasteiger partial charge in [-0.1, -0.05) is 0 Å². The van der Waals surface area contributed by atoms with E-state index in [4.69, 9.17) is 30.1 Å². The number of aromatic nitrogens is 2. The number of phenolic OH excluding ortho intramolecular Hbond substituents is 1. The number of aliphatic hydroxyl groups is 1. The number of aliphatic imine (C=N–C) groups is 1. The van der Waals surface area contributed by atoms with Crippen molar-refractivity contribution in [2.75, 3.05) is 24.6 Å². The number of anilines is 2. The quantitative estimate of drug-likeness (QED) is 0.136. The number of ether oxygens (including phenoxy) is 3. The molecular formula is C41H43N6O8+. The van der Waals surface area contributed by atoms with Crippen LogP contribution in [0.3, 0.4) is 0 Å². The van der Waals surface area contributed by atoms with Crippen LogP contribution in [0, 0.1) is 12.8 Å². The number of fused-ring (bicyclic) bond motifs is 5. The molecule has 8 heterocycles. The maximum Gasteiger partial charge on any atom is 0.341 e. The number of nitrogens with zero attached hydrogens (tertiary/aromatic N) is 3. The number of rotatable bonds is 7. The Hall–Kier alpha value is -5.57. The molecule has 1 aromatic carbocycles. The standard InChI is InChI=1S/C41H42N6O8/c1-20-8-29(49)36-30(52-20)14-31-35(37(36)50)26-9-22(19-48)15-41(39(51)53-38(26)40(2,3)54-31)32(55-41)5-4-21-10-27(46-33(42)11-21)24-12-25(45-34(43)13-24)17-47-16-23-6-7-44-28(23)18-47/h6-8,10-14,18,22,26,32,38,48,50H,4-5,9,15-17,19H2,1-3H3,(H2,42,46)(H2,43,45)/p+1/t22-,26+,32+,38+,41-/m0/s1. The molecule has 2 saturated heterocycles. The summed E-state index contributed by atoms with van der Waals surface area (Å²) in [7, 11) is 0. The molecule has 1 spiro atoms. The number of esters is 1. The van der Waals surface area contributed by atoms with Crippen molar-refractivity contribution in [3.05, 3.63) is 92.7 Å². The van der Waals surface area contributed by atoms with E-state index in [1.165, 1.54) is 16.5 Å². The van der Waals surface area contributed by atoms with Gasteiger partial charge in [-0.25, -0.2) is 14.8 Å². The summed E-state index contributed by atoms with van der Waals surface area (Å²) in [6, 6.07) is 10.5. The summed E-state index contributed by atoms with van der Waals surface area (Å²) in [5.41, 5.74) is 15.9. The summed E-state index contributed by atoms with van der Waals surface area (Å²) in [5.74, 6) is -0.276. The molecule has 3 aromatic heterocycles. The maximum absolute atomic E-state index is 14.1. The Morgan fingerprint density at radius 3 is 2.67 bits per heavy atom. The number of phenols is 1. The molecule has 14 nitrogen and oxygen atoms in total. The number of carbonyl (C=O) groups excluding carboxylic acids is 1. The van der Waals surface area contributed by atoms with Gasteiger partial charge < -0.3 is 40.3 Å². The minimum atomic E-state index is -1.25. The van der Waals surface area contributed by atoms with Crippen LogP contribution in [0.15, 0.2) is 74.1 Å². The average Bonchev–Trinajstić information content (AvgIpc) is 3.41. The van der Waals surface area contributed by atoms with Crippen LogP contribution in [0.4, 0.5) is 11.6 Å². The molecule has 5 aliphatic heterocycles. The van der Waals surface area contributed by atoms with E-state index in [0.717, 1.165) is 29.1 Å². The highest BCUT2D eigenvalue weighted by Gasteiger charge is 2.66. The number of aliphatic hydroxyl groups excluding tert-OH is 1. The van der Waals surface area contributed by atoms with E-state index in [1.807, 2.05) is 44.3 Å². The molecule has 0 radical (unpaired) electrons. The monoisotopic (exact) mass is 747 g/mol. The van der Waals surface area contributed by atoms with Crippen LogP contribution in [-0.4, -0.2) is 68.9 Å². The Bertz CT molecular complexity index is 2440. The Balaban J connectivity index is 0.938. The number of aromatic hydroxyl groups is 1. The van der Waals surface area contributed by atoms with Crippen molar-refractivity contribution in [1.29, 1.82) is 0 Å². The number of carbonyl (C=O) groups is 1. The molecule has 0 saturated carbocycles. The molecular weight excluding hydrogens is 704 g/mol. The van der Waals surface area contributed by atoms with Crippen LogP contribution in [0.2, 0.25) is 0 Å². The number of allylic oxidation sites excluding steroid dienone is 1. The Morgan fingerprint density at radius 1 is 1.05 bits per heavy atom. The zero-order chi connectivity index (χ0) is 38.4. The second-order valence-electron chi connectivity index (χ2n) is 16.0. The van der Waals surface area contributed by atoms with Crippen LogP contribution in [0.1, 0.15) is 61.6 Å². The van der Waals surface area contributed by atoms with E-state index in [-0.39, 0.29) is 41.1 Å². The lowest BCUT2D eigenvalue weighted by atomic mass is 9.73. The molecule has 7 N–H and O–H groups in total. The molecule has 2 fully saturated rings. The lowest BCUT2D eigenvalue weighted by Gasteiger charge is -2.46. The van der Waals surface area contributed by atoms with E-state index in [1.54, 1.807) is 19.1 Å². The topological polar surface area (TPSA) is 213 Å². The molecule has 284 valence electrons. The largest absolute Gasteiger partial charge is 0.507 e. The van der Waals surface area contributed by atoms with Crippen LogP contribution >= 0.6 is 0 Å². The fourth-order valence-electron chi connectivity index (χ4n) is 9.02. The molecule has 6 atom stereocenters. The van der Waals surface area contributed by atoms with Gasteiger partial charge in [-0.15, -0.1) is 0 Å². The fraction of sp³-hybridized carbons (Fsp3) is 0.390. The third-order valence-electron chi connectivity index (χ3n) is 11.5. The van der Waals surface area contributed by atoms with Crippen LogP contribution < -0.4 is 26.5 Å². The normalized spacial score (nSPS) is 27.3. The molecule has 5 aliphatic rings. The van der Waals surface area contributed by atoms with Gasteiger partial charge in [0.25, 0.3) is 0 Å². The summed E-state index contributed by atoms with van der Waals surface area (Å²) < 4.78 is 24.6. The number of quaternary nitrogens is 1. The number of nitrogens with two attached hydrogens (primary N) is 2. The van der Waals surface area contributed by atoms with Gasteiger partial charge >= 0.3 is 5.97 Å². The zero-order valence-corrected chi connectivity index (χ0v) is 30.8.